The Balaban J connectivity index is 1.84. The molecule has 0 aromatic heterocycles. The Kier molecular flexibility index (Phi) is 3.41. The quantitative estimate of drug-likeness (QED) is 0.803. The monoisotopic (exact) mass is 240 g/mol. The molecular weight excluding hydrogens is 224 g/mol. The van der Waals surface area contributed by atoms with Gasteiger partial charge in [-0.25, -0.2) is 0 Å². The van der Waals surface area contributed by atoms with Crippen molar-refractivity contribution in [2.24, 2.45) is 0 Å². The highest BCUT2D eigenvalue weighted by Gasteiger charge is 2.31. The molecule has 0 radical (unpaired) electrons. The zero-order chi connectivity index (χ0) is 11.6. The smallest absolute Gasteiger partial charge is 0.120 e. The van der Waals surface area contributed by atoms with E-state index in [2.05, 4.69) is 13.8 Å². The first-order valence-corrected chi connectivity index (χ1v) is 5.99. The van der Waals surface area contributed by atoms with Crippen molar-refractivity contribution in [1.29, 1.82) is 0 Å². The maximum absolute atomic E-state index is 5.87. The van der Waals surface area contributed by atoms with Crippen LogP contribution in [-0.4, -0.2) is 18.3 Å². The third-order valence-corrected chi connectivity index (χ3v) is 3.02. The fourth-order valence-electron chi connectivity index (χ4n) is 1.94. The molecule has 0 bridgehead atoms. The van der Waals surface area contributed by atoms with Crippen LogP contribution in [0.3, 0.4) is 0 Å². The van der Waals surface area contributed by atoms with Gasteiger partial charge >= 0.3 is 0 Å². The van der Waals surface area contributed by atoms with E-state index < -0.39 is 0 Å². The maximum Gasteiger partial charge on any atom is 0.120 e. The van der Waals surface area contributed by atoms with Crippen LogP contribution >= 0.6 is 11.6 Å². The van der Waals surface area contributed by atoms with Crippen LogP contribution < -0.4 is 4.74 Å². The van der Waals surface area contributed by atoms with Crippen molar-refractivity contribution in [2.75, 3.05) is 6.61 Å². The molecule has 3 heteroatoms. The maximum atomic E-state index is 5.87. The van der Waals surface area contributed by atoms with E-state index in [0.717, 1.165) is 18.6 Å². The van der Waals surface area contributed by atoms with Crippen molar-refractivity contribution in [1.82, 2.24) is 0 Å². The summed E-state index contributed by atoms with van der Waals surface area (Å²) in [4.78, 5) is 0. The molecule has 0 N–H and O–H groups in total. The van der Waals surface area contributed by atoms with E-state index in [-0.39, 0.29) is 11.7 Å². The molecule has 0 aliphatic carbocycles. The van der Waals surface area contributed by atoms with Crippen molar-refractivity contribution in [3.05, 3.63) is 29.3 Å². The fourth-order valence-corrected chi connectivity index (χ4v) is 2.12. The summed E-state index contributed by atoms with van der Waals surface area (Å²) in [5.41, 5.74) is 0.00234. The number of hydrogen-bond donors (Lipinski definition) is 0. The predicted octanol–water partition coefficient (Wildman–Crippen LogP) is 3.68. The molecule has 2 nitrogen and oxygen atoms in total. The van der Waals surface area contributed by atoms with Gasteiger partial charge in [-0.3, -0.25) is 0 Å². The first-order chi connectivity index (χ1) is 7.55. The average Bonchev–Trinajstić information content (AvgIpc) is 2.56. The second-order valence-electron chi connectivity index (χ2n) is 4.81. The molecule has 1 fully saturated rings. The molecule has 1 atom stereocenters. The lowest BCUT2D eigenvalue weighted by Gasteiger charge is -2.19. The SMILES string of the molecule is CC1(C)CCC(COc2cccc(Cl)c2)O1. The average molecular weight is 241 g/mol. The molecule has 1 aromatic rings. The predicted molar refractivity (Wildman–Crippen MR) is 65.1 cm³/mol. The summed E-state index contributed by atoms with van der Waals surface area (Å²) < 4.78 is 11.5. The zero-order valence-electron chi connectivity index (χ0n) is 9.70. The highest BCUT2D eigenvalue weighted by Crippen LogP contribution is 2.29. The minimum Gasteiger partial charge on any atom is -0.491 e. The lowest BCUT2D eigenvalue weighted by atomic mass is 10.1. The Labute approximate surface area is 102 Å². The summed E-state index contributed by atoms with van der Waals surface area (Å²) >= 11 is 5.87. The van der Waals surface area contributed by atoms with E-state index >= 15 is 0 Å². The summed E-state index contributed by atoms with van der Waals surface area (Å²) in [6.07, 6.45) is 2.36. The van der Waals surface area contributed by atoms with Gasteiger partial charge in [0, 0.05) is 5.02 Å². The summed E-state index contributed by atoms with van der Waals surface area (Å²) in [5.74, 6) is 0.806. The van der Waals surface area contributed by atoms with E-state index in [1.165, 1.54) is 0 Å². The number of hydrogen-bond acceptors (Lipinski definition) is 2. The first-order valence-electron chi connectivity index (χ1n) is 5.61. The second-order valence-corrected chi connectivity index (χ2v) is 5.24. The van der Waals surface area contributed by atoms with Gasteiger partial charge in [0.15, 0.2) is 0 Å². The summed E-state index contributed by atoms with van der Waals surface area (Å²) in [6, 6.07) is 7.45. The van der Waals surface area contributed by atoms with E-state index in [1.807, 2.05) is 24.3 Å². The third-order valence-electron chi connectivity index (χ3n) is 2.79. The van der Waals surface area contributed by atoms with Crippen LogP contribution in [0.25, 0.3) is 0 Å². The van der Waals surface area contributed by atoms with Crippen LogP contribution in [0, 0.1) is 0 Å². The lowest BCUT2D eigenvalue weighted by Crippen LogP contribution is -2.23. The van der Waals surface area contributed by atoms with Gasteiger partial charge < -0.3 is 9.47 Å². The minimum absolute atomic E-state index is 0.00234. The molecule has 0 spiro atoms. The third kappa shape index (κ3) is 3.13. The minimum atomic E-state index is 0.00234. The van der Waals surface area contributed by atoms with Gasteiger partial charge in [0.1, 0.15) is 12.4 Å². The van der Waals surface area contributed by atoms with E-state index in [4.69, 9.17) is 21.1 Å². The molecule has 1 aliphatic heterocycles. The normalized spacial score (nSPS) is 23.3. The van der Waals surface area contributed by atoms with Crippen molar-refractivity contribution in [3.8, 4) is 5.75 Å². The van der Waals surface area contributed by atoms with Gasteiger partial charge in [-0.15, -0.1) is 0 Å². The highest BCUT2D eigenvalue weighted by molar-refractivity contribution is 6.30. The molecule has 2 rings (SSSR count). The number of ether oxygens (including phenoxy) is 2. The van der Waals surface area contributed by atoms with Crippen LogP contribution in [-0.2, 0) is 4.74 Å². The van der Waals surface area contributed by atoms with E-state index in [1.54, 1.807) is 0 Å². The standard InChI is InChI=1S/C13H17ClO2/c1-13(2)7-6-12(16-13)9-15-11-5-3-4-10(14)8-11/h3-5,8,12H,6-7,9H2,1-2H3. The van der Waals surface area contributed by atoms with Gasteiger partial charge in [0.2, 0.25) is 0 Å². The van der Waals surface area contributed by atoms with Crippen LogP contribution in [0.4, 0.5) is 0 Å². The molecule has 1 unspecified atom stereocenters. The van der Waals surface area contributed by atoms with Crippen LogP contribution in [0.15, 0.2) is 24.3 Å². The number of rotatable bonds is 3. The topological polar surface area (TPSA) is 18.5 Å². The van der Waals surface area contributed by atoms with Gasteiger partial charge in [0.25, 0.3) is 0 Å². The van der Waals surface area contributed by atoms with E-state index in [9.17, 15) is 0 Å². The molecular formula is C13H17ClO2. The highest BCUT2D eigenvalue weighted by atomic mass is 35.5. The Hall–Kier alpha value is -0.730. The van der Waals surface area contributed by atoms with Gasteiger partial charge in [-0.1, -0.05) is 17.7 Å². The first kappa shape index (κ1) is 11.7. The number of halogens is 1. The van der Waals surface area contributed by atoms with Crippen LogP contribution in [0.5, 0.6) is 5.75 Å². The Morgan fingerprint density at radius 1 is 1.50 bits per heavy atom. The Morgan fingerprint density at radius 3 is 2.94 bits per heavy atom. The molecule has 0 saturated carbocycles. The summed E-state index contributed by atoms with van der Waals surface area (Å²) in [7, 11) is 0. The van der Waals surface area contributed by atoms with Crippen LogP contribution in [0.2, 0.25) is 5.02 Å². The largest absolute Gasteiger partial charge is 0.491 e. The van der Waals surface area contributed by atoms with Crippen molar-refractivity contribution >= 4 is 11.6 Å². The van der Waals surface area contributed by atoms with Crippen molar-refractivity contribution in [2.45, 2.75) is 38.4 Å². The molecule has 1 saturated heterocycles. The molecule has 88 valence electrons. The number of benzene rings is 1. The molecule has 1 heterocycles. The zero-order valence-corrected chi connectivity index (χ0v) is 10.5. The summed E-state index contributed by atoms with van der Waals surface area (Å²) in [6.45, 7) is 4.84. The van der Waals surface area contributed by atoms with Gasteiger partial charge in [0.05, 0.1) is 11.7 Å². The Morgan fingerprint density at radius 2 is 2.31 bits per heavy atom. The van der Waals surface area contributed by atoms with Crippen molar-refractivity contribution < 1.29 is 9.47 Å². The fraction of sp³-hybridized carbons (Fsp3) is 0.538. The Bertz CT molecular complexity index is 363. The van der Waals surface area contributed by atoms with Gasteiger partial charge in [-0.2, -0.15) is 0 Å². The lowest BCUT2D eigenvalue weighted by molar-refractivity contribution is -0.0326. The molecule has 1 aliphatic rings. The summed E-state index contributed by atoms with van der Waals surface area (Å²) in [5, 5.41) is 0.699. The van der Waals surface area contributed by atoms with Gasteiger partial charge in [-0.05, 0) is 44.9 Å². The molecule has 1 aromatic carbocycles. The van der Waals surface area contributed by atoms with Crippen molar-refractivity contribution in [3.63, 3.8) is 0 Å². The molecule has 16 heavy (non-hydrogen) atoms. The van der Waals surface area contributed by atoms with E-state index in [0.29, 0.717) is 11.6 Å². The van der Waals surface area contributed by atoms with Crippen LogP contribution in [0.1, 0.15) is 26.7 Å². The second kappa shape index (κ2) is 4.64. The molecule has 0 amide bonds.